The van der Waals surface area contributed by atoms with E-state index in [0.717, 1.165) is 6.42 Å². The van der Waals surface area contributed by atoms with Crippen LogP contribution in [0.15, 0.2) is 48.5 Å². The number of para-hydroxylation sites is 1. The molecule has 2 heterocycles. The predicted molar refractivity (Wildman–Crippen MR) is 83.9 cm³/mol. The van der Waals surface area contributed by atoms with Crippen molar-refractivity contribution < 1.29 is 14.4 Å². The first-order valence-electron chi connectivity index (χ1n) is 7.80. The van der Waals surface area contributed by atoms with Gasteiger partial charge in [0, 0.05) is 18.6 Å². The minimum absolute atomic E-state index is 0.0569. The highest BCUT2D eigenvalue weighted by atomic mass is 16.6. The molecule has 2 aromatic carbocycles. The first-order chi connectivity index (χ1) is 11.3. The smallest absolute Gasteiger partial charge is 0.275 e. The number of ether oxygens (including phenoxy) is 2. The second-order valence-corrected chi connectivity index (χ2v) is 5.99. The Morgan fingerprint density at radius 2 is 1.65 bits per heavy atom. The van der Waals surface area contributed by atoms with E-state index in [2.05, 4.69) is 12.1 Å². The summed E-state index contributed by atoms with van der Waals surface area (Å²) in [4.78, 5) is 11.0. The average Bonchev–Trinajstić information content (AvgIpc) is 3.21. The fourth-order valence-corrected chi connectivity index (χ4v) is 3.70. The highest BCUT2D eigenvalue weighted by Crippen LogP contribution is 2.48. The van der Waals surface area contributed by atoms with Gasteiger partial charge in [-0.3, -0.25) is 10.1 Å². The van der Waals surface area contributed by atoms with Crippen LogP contribution in [0.5, 0.6) is 0 Å². The van der Waals surface area contributed by atoms with E-state index < -0.39 is 0 Å². The van der Waals surface area contributed by atoms with E-state index in [1.807, 2.05) is 18.2 Å². The van der Waals surface area contributed by atoms with Gasteiger partial charge in [0.2, 0.25) is 0 Å². The van der Waals surface area contributed by atoms with Crippen molar-refractivity contribution in [3.05, 3.63) is 75.3 Å². The molecule has 0 aromatic heterocycles. The number of benzene rings is 2. The fraction of sp³-hybridized carbons (Fsp3) is 0.333. The first kappa shape index (κ1) is 14.4. The molecule has 5 nitrogen and oxygen atoms in total. The summed E-state index contributed by atoms with van der Waals surface area (Å²) in [5.74, 6) is 0.0970. The second-order valence-electron chi connectivity index (χ2n) is 5.99. The lowest BCUT2D eigenvalue weighted by Crippen LogP contribution is -2.17. The molecule has 2 aliphatic heterocycles. The Hall–Kier alpha value is -2.24. The lowest BCUT2D eigenvalue weighted by Gasteiger charge is -2.24. The van der Waals surface area contributed by atoms with Crippen LogP contribution in [0.4, 0.5) is 5.69 Å². The SMILES string of the molecule is O=[N+]([O-])c1ccccc1[C@@H]1OCC[C@H]1[C@H]1OCc2ccccc21. The minimum atomic E-state index is -0.336. The van der Waals surface area contributed by atoms with E-state index in [1.54, 1.807) is 12.1 Å². The molecule has 1 saturated heterocycles. The van der Waals surface area contributed by atoms with Crippen LogP contribution in [0.2, 0.25) is 0 Å². The van der Waals surface area contributed by atoms with Crippen LogP contribution in [0.3, 0.4) is 0 Å². The van der Waals surface area contributed by atoms with Gasteiger partial charge < -0.3 is 9.47 Å². The van der Waals surface area contributed by atoms with Gasteiger partial charge in [-0.25, -0.2) is 0 Å². The van der Waals surface area contributed by atoms with E-state index in [4.69, 9.17) is 9.47 Å². The third-order valence-corrected chi connectivity index (χ3v) is 4.75. The highest BCUT2D eigenvalue weighted by Gasteiger charge is 2.42. The normalized spacial score (nSPS) is 26.2. The number of nitro groups is 1. The second kappa shape index (κ2) is 5.76. The van der Waals surface area contributed by atoms with Crippen LogP contribution in [0, 0.1) is 16.0 Å². The van der Waals surface area contributed by atoms with E-state index in [9.17, 15) is 10.1 Å². The summed E-state index contributed by atoms with van der Waals surface area (Å²) in [6.45, 7) is 1.20. The van der Waals surface area contributed by atoms with Crippen molar-refractivity contribution in [2.75, 3.05) is 6.61 Å². The van der Waals surface area contributed by atoms with E-state index >= 15 is 0 Å². The van der Waals surface area contributed by atoms with Gasteiger partial charge >= 0.3 is 0 Å². The van der Waals surface area contributed by atoms with Crippen molar-refractivity contribution in [2.24, 2.45) is 5.92 Å². The van der Waals surface area contributed by atoms with Gasteiger partial charge in [-0.05, 0) is 23.6 Å². The standard InChI is InChI=1S/C18H17NO4/c20-19(21)16-8-4-3-7-14(16)18-15(9-10-22-18)17-13-6-2-1-5-12(13)11-23-17/h1-8,15,17-18H,9-11H2/t15-,17-,18-/m0/s1. The van der Waals surface area contributed by atoms with Gasteiger partial charge in [-0.2, -0.15) is 0 Å². The zero-order valence-corrected chi connectivity index (χ0v) is 12.6. The quantitative estimate of drug-likeness (QED) is 0.636. The van der Waals surface area contributed by atoms with Gasteiger partial charge in [0.05, 0.1) is 29.3 Å². The predicted octanol–water partition coefficient (Wildman–Crippen LogP) is 3.94. The molecule has 1 fully saturated rings. The highest BCUT2D eigenvalue weighted by molar-refractivity contribution is 5.43. The molecule has 0 unspecified atom stereocenters. The number of fused-ring (bicyclic) bond motifs is 1. The summed E-state index contributed by atoms with van der Waals surface area (Å²) in [5.41, 5.74) is 3.15. The molecule has 0 bridgehead atoms. The van der Waals surface area contributed by atoms with E-state index in [-0.39, 0.29) is 28.7 Å². The molecule has 0 radical (unpaired) electrons. The van der Waals surface area contributed by atoms with Gasteiger partial charge in [-0.1, -0.05) is 36.4 Å². The van der Waals surface area contributed by atoms with Crippen molar-refractivity contribution in [1.82, 2.24) is 0 Å². The van der Waals surface area contributed by atoms with Crippen molar-refractivity contribution in [2.45, 2.75) is 25.2 Å². The van der Waals surface area contributed by atoms with Crippen molar-refractivity contribution >= 4 is 5.69 Å². The van der Waals surface area contributed by atoms with Crippen LogP contribution in [0.1, 0.15) is 35.3 Å². The Morgan fingerprint density at radius 1 is 0.957 bits per heavy atom. The number of rotatable bonds is 3. The van der Waals surface area contributed by atoms with E-state index in [1.165, 1.54) is 17.2 Å². The Balaban J connectivity index is 1.70. The number of hydrogen-bond donors (Lipinski definition) is 0. The molecule has 0 saturated carbocycles. The first-order valence-corrected chi connectivity index (χ1v) is 7.80. The molecule has 0 aliphatic carbocycles. The van der Waals surface area contributed by atoms with Crippen LogP contribution in [-0.2, 0) is 16.1 Å². The van der Waals surface area contributed by atoms with Gasteiger partial charge in [0.15, 0.2) is 0 Å². The molecule has 2 aliphatic rings. The molecular weight excluding hydrogens is 294 g/mol. The summed E-state index contributed by atoms with van der Waals surface area (Å²) < 4.78 is 11.9. The molecular formula is C18H17NO4. The summed E-state index contributed by atoms with van der Waals surface area (Å²) in [5, 5.41) is 11.3. The molecule has 3 atom stereocenters. The maximum absolute atomic E-state index is 11.3. The van der Waals surface area contributed by atoms with Crippen LogP contribution in [0.25, 0.3) is 0 Å². The minimum Gasteiger partial charge on any atom is -0.373 e. The van der Waals surface area contributed by atoms with Crippen molar-refractivity contribution in [1.29, 1.82) is 0 Å². The largest absolute Gasteiger partial charge is 0.373 e. The molecule has 0 spiro atoms. The van der Waals surface area contributed by atoms with Gasteiger partial charge in [0.1, 0.15) is 0 Å². The van der Waals surface area contributed by atoms with E-state index in [0.29, 0.717) is 18.8 Å². The summed E-state index contributed by atoms with van der Waals surface area (Å²) in [7, 11) is 0. The molecule has 118 valence electrons. The third-order valence-electron chi connectivity index (χ3n) is 4.75. The summed E-state index contributed by atoms with van der Waals surface area (Å²) >= 11 is 0. The maximum Gasteiger partial charge on any atom is 0.275 e. The molecule has 23 heavy (non-hydrogen) atoms. The Labute approximate surface area is 134 Å². The molecule has 0 amide bonds. The molecule has 4 rings (SSSR count). The van der Waals surface area contributed by atoms with Crippen LogP contribution < -0.4 is 0 Å². The monoisotopic (exact) mass is 311 g/mol. The van der Waals surface area contributed by atoms with Crippen molar-refractivity contribution in [3.8, 4) is 0 Å². The Morgan fingerprint density at radius 3 is 2.48 bits per heavy atom. The summed E-state index contributed by atoms with van der Waals surface area (Å²) in [6, 6.07) is 15.0. The fourth-order valence-electron chi connectivity index (χ4n) is 3.70. The summed E-state index contributed by atoms with van der Waals surface area (Å²) in [6.07, 6.45) is 0.488. The van der Waals surface area contributed by atoms with Crippen LogP contribution in [-0.4, -0.2) is 11.5 Å². The zero-order valence-electron chi connectivity index (χ0n) is 12.6. The lowest BCUT2D eigenvalue weighted by molar-refractivity contribution is -0.386. The number of hydrogen-bond acceptors (Lipinski definition) is 4. The zero-order chi connectivity index (χ0) is 15.8. The third kappa shape index (κ3) is 2.42. The van der Waals surface area contributed by atoms with Crippen molar-refractivity contribution in [3.63, 3.8) is 0 Å². The van der Waals surface area contributed by atoms with Crippen LogP contribution >= 0.6 is 0 Å². The van der Waals surface area contributed by atoms with Gasteiger partial charge in [-0.15, -0.1) is 0 Å². The number of nitrogens with zero attached hydrogens (tertiary/aromatic N) is 1. The molecule has 2 aromatic rings. The topological polar surface area (TPSA) is 61.6 Å². The maximum atomic E-state index is 11.3. The number of nitro benzene ring substituents is 1. The molecule has 0 N–H and O–H groups in total. The van der Waals surface area contributed by atoms with Gasteiger partial charge in [0.25, 0.3) is 5.69 Å². The molecule has 5 heteroatoms. The lowest BCUT2D eigenvalue weighted by atomic mass is 9.86. The Bertz CT molecular complexity index is 745. The Kier molecular flexibility index (Phi) is 3.59. The average molecular weight is 311 g/mol.